The minimum absolute atomic E-state index is 0.284. The monoisotopic (exact) mass is 381 g/mol. The average molecular weight is 381 g/mol. The highest BCUT2D eigenvalue weighted by Gasteiger charge is 2.31. The Morgan fingerprint density at radius 3 is 2.78 bits per heavy atom. The second-order valence-corrected chi connectivity index (χ2v) is 6.12. The van der Waals surface area contributed by atoms with Crippen molar-refractivity contribution in [2.45, 2.75) is 18.6 Å². The minimum atomic E-state index is -4.78. The van der Waals surface area contributed by atoms with Gasteiger partial charge >= 0.3 is 6.36 Å². The third-order valence-corrected chi connectivity index (χ3v) is 4.20. The summed E-state index contributed by atoms with van der Waals surface area (Å²) in [5.74, 6) is 0.113. The van der Waals surface area contributed by atoms with Gasteiger partial charge in [-0.2, -0.15) is 0 Å². The molecule has 1 aliphatic heterocycles. The van der Waals surface area contributed by atoms with Crippen molar-refractivity contribution in [2.24, 2.45) is 0 Å². The highest BCUT2D eigenvalue weighted by atomic mass is 19.4. The van der Waals surface area contributed by atoms with Crippen LogP contribution in [0.15, 0.2) is 42.7 Å². The van der Waals surface area contributed by atoms with Crippen molar-refractivity contribution in [2.75, 3.05) is 18.4 Å². The van der Waals surface area contributed by atoms with Crippen LogP contribution in [0.4, 0.5) is 23.4 Å². The predicted molar refractivity (Wildman–Crippen MR) is 90.3 cm³/mol. The van der Waals surface area contributed by atoms with Gasteiger partial charge in [0.25, 0.3) is 0 Å². The molecule has 0 saturated carbocycles. The van der Waals surface area contributed by atoms with E-state index in [2.05, 4.69) is 25.3 Å². The topological polar surface area (TPSA) is 63.5 Å². The number of ether oxygens (including phenoxy) is 1. The second-order valence-electron chi connectivity index (χ2n) is 6.12. The van der Waals surface area contributed by atoms with Gasteiger partial charge < -0.3 is 15.4 Å². The first kappa shape index (κ1) is 17.5. The smallest absolute Gasteiger partial charge is 0.404 e. The Balaban J connectivity index is 1.65. The van der Waals surface area contributed by atoms with Crippen molar-refractivity contribution < 1.29 is 22.3 Å². The van der Waals surface area contributed by atoms with E-state index >= 15 is 0 Å². The number of hydrogen-bond acceptors (Lipinski definition) is 5. The summed E-state index contributed by atoms with van der Waals surface area (Å²) in [5.41, 5.74) is 1.42. The largest absolute Gasteiger partial charge is 0.573 e. The van der Waals surface area contributed by atoms with E-state index in [0.29, 0.717) is 29.4 Å². The highest BCUT2D eigenvalue weighted by Crippen LogP contribution is 2.26. The van der Waals surface area contributed by atoms with Crippen LogP contribution in [0.25, 0.3) is 17.0 Å². The number of alkyl halides is 4. The number of rotatable bonds is 4. The van der Waals surface area contributed by atoms with Crippen molar-refractivity contribution in [3.05, 3.63) is 42.7 Å². The number of hydrogen-bond donors (Lipinski definition) is 2. The molecule has 6 nitrogen and oxygen atoms in total. The molecule has 2 atom stereocenters. The third-order valence-electron chi connectivity index (χ3n) is 4.20. The molecule has 4 heterocycles. The standard InChI is InChI=1S/C17H15F4N5O/c18-11-6-22-7-13(11)25-15-3-1-2-12(24-15)14-8-23-16-5-4-10(9-26(14)16)27-17(19,20)21/h1-5,8-9,11,13,22H,6-7H2,(H,24,25)/t11-,13-/m0/s1. The lowest BCUT2D eigenvalue weighted by molar-refractivity contribution is -0.274. The van der Waals surface area contributed by atoms with Gasteiger partial charge in [0.15, 0.2) is 0 Å². The van der Waals surface area contributed by atoms with Gasteiger partial charge in [0.05, 0.1) is 29.8 Å². The number of aromatic nitrogens is 3. The fraction of sp³-hybridized carbons (Fsp3) is 0.294. The fourth-order valence-corrected chi connectivity index (χ4v) is 2.98. The summed E-state index contributed by atoms with van der Waals surface area (Å²) in [6.45, 7) is 0.771. The van der Waals surface area contributed by atoms with Crippen molar-refractivity contribution in [1.29, 1.82) is 0 Å². The molecule has 3 aromatic rings. The van der Waals surface area contributed by atoms with Crippen molar-refractivity contribution in [1.82, 2.24) is 19.7 Å². The molecule has 4 rings (SSSR count). The Kier molecular flexibility index (Phi) is 4.34. The van der Waals surface area contributed by atoms with E-state index in [4.69, 9.17) is 0 Å². The minimum Gasteiger partial charge on any atom is -0.404 e. The molecule has 0 radical (unpaired) electrons. The maximum absolute atomic E-state index is 13.8. The van der Waals surface area contributed by atoms with Crippen LogP contribution in [0.2, 0.25) is 0 Å². The van der Waals surface area contributed by atoms with E-state index < -0.39 is 12.5 Å². The molecule has 27 heavy (non-hydrogen) atoms. The summed E-state index contributed by atoms with van der Waals surface area (Å²) in [6, 6.07) is 7.36. The van der Waals surface area contributed by atoms with Gasteiger partial charge in [0.2, 0.25) is 0 Å². The Morgan fingerprint density at radius 1 is 1.19 bits per heavy atom. The van der Waals surface area contributed by atoms with Crippen molar-refractivity contribution in [3.8, 4) is 17.1 Å². The first-order chi connectivity index (χ1) is 12.9. The summed E-state index contributed by atoms with van der Waals surface area (Å²) in [5, 5.41) is 5.98. The summed E-state index contributed by atoms with van der Waals surface area (Å²) < 4.78 is 56.6. The van der Waals surface area contributed by atoms with E-state index in [1.165, 1.54) is 28.9 Å². The van der Waals surface area contributed by atoms with Crippen LogP contribution < -0.4 is 15.4 Å². The maximum Gasteiger partial charge on any atom is 0.573 e. The first-order valence-corrected chi connectivity index (χ1v) is 8.21. The highest BCUT2D eigenvalue weighted by molar-refractivity contribution is 5.62. The number of fused-ring (bicyclic) bond motifs is 1. The molecule has 0 aromatic carbocycles. The van der Waals surface area contributed by atoms with Gasteiger partial charge in [-0.1, -0.05) is 6.07 Å². The van der Waals surface area contributed by atoms with Gasteiger partial charge in [0.1, 0.15) is 23.4 Å². The van der Waals surface area contributed by atoms with Crippen LogP contribution in [0, 0.1) is 0 Å². The molecule has 1 saturated heterocycles. The number of nitrogens with one attached hydrogen (secondary N) is 2. The van der Waals surface area contributed by atoms with Crippen LogP contribution in [0.1, 0.15) is 0 Å². The summed E-state index contributed by atoms with van der Waals surface area (Å²) in [7, 11) is 0. The summed E-state index contributed by atoms with van der Waals surface area (Å²) in [6.07, 6.45) is -3.10. The number of pyridine rings is 2. The number of halogens is 4. The zero-order valence-corrected chi connectivity index (χ0v) is 13.9. The SMILES string of the molecule is F[C@H]1CNC[C@@H]1Nc1cccc(-c2cnc3ccc(OC(F)(F)F)cn23)n1. The lowest BCUT2D eigenvalue weighted by Crippen LogP contribution is -2.29. The summed E-state index contributed by atoms with van der Waals surface area (Å²) >= 11 is 0. The van der Waals surface area contributed by atoms with Crippen molar-refractivity contribution >= 4 is 11.5 Å². The van der Waals surface area contributed by atoms with Gasteiger partial charge in [-0.3, -0.25) is 4.40 Å². The average Bonchev–Trinajstić information content (AvgIpc) is 3.20. The molecule has 10 heteroatoms. The predicted octanol–water partition coefficient (Wildman–Crippen LogP) is 3.02. The zero-order valence-electron chi connectivity index (χ0n) is 13.9. The van der Waals surface area contributed by atoms with Crippen LogP contribution in [0.3, 0.4) is 0 Å². The van der Waals surface area contributed by atoms with Crippen LogP contribution >= 0.6 is 0 Å². The number of anilines is 1. The molecule has 0 unspecified atom stereocenters. The van der Waals surface area contributed by atoms with Gasteiger partial charge in [-0.25, -0.2) is 14.4 Å². The molecule has 3 aromatic heterocycles. The van der Waals surface area contributed by atoms with Gasteiger partial charge in [-0.15, -0.1) is 13.2 Å². The Morgan fingerprint density at radius 2 is 2.04 bits per heavy atom. The molecular weight excluding hydrogens is 366 g/mol. The molecular formula is C17H15F4N5O. The van der Waals surface area contributed by atoms with E-state index in [1.54, 1.807) is 18.2 Å². The molecule has 0 amide bonds. The Hall–Kier alpha value is -2.88. The van der Waals surface area contributed by atoms with Crippen LogP contribution in [0.5, 0.6) is 5.75 Å². The quantitative estimate of drug-likeness (QED) is 0.681. The Bertz CT molecular complexity index is 958. The molecule has 1 fully saturated rings. The fourth-order valence-electron chi connectivity index (χ4n) is 2.98. The normalized spacial score (nSPS) is 20.1. The lowest BCUT2D eigenvalue weighted by atomic mass is 10.2. The molecule has 1 aliphatic rings. The molecule has 0 aliphatic carbocycles. The zero-order chi connectivity index (χ0) is 19.0. The second kappa shape index (κ2) is 6.69. The van der Waals surface area contributed by atoms with Crippen LogP contribution in [-0.2, 0) is 0 Å². The first-order valence-electron chi connectivity index (χ1n) is 8.21. The van der Waals surface area contributed by atoms with Gasteiger partial charge in [-0.05, 0) is 24.3 Å². The van der Waals surface area contributed by atoms with E-state index in [1.807, 2.05) is 0 Å². The molecule has 0 bridgehead atoms. The van der Waals surface area contributed by atoms with Crippen molar-refractivity contribution in [3.63, 3.8) is 0 Å². The molecule has 0 spiro atoms. The van der Waals surface area contributed by atoms with Gasteiger partial charge in [0, 0.05) is 13.1 Å². The van der Waals surface area contributed by atoms with Crippen LogP contribution in [-0.4, -0.2) is 46.0 Å². The molecule has 142 valence electrons. The number of imidazole rings is 1. The summed E-state index contributed by atoms with van der Waals surface area (Å²) in [4.78, 5) is 8.61. The Labute approximate surface area is 151 Å². The number of nitrogens with zero attached hydrogens (tertiary/aromatic N) is 3. The lowest BCUT2D eigenvalue weighted by Gasteiger charge is -2.15. The molecule has 2 N–H and O–H groups in total. The third kappa shape index (κ3) is 3.80. The van der Waals surface area contributed by atoms with E-state index in [-0.39, 0.29) is 18.3 Å². The van der Waals surface area contributed by atoms with E-state index in [9.17, 15) is 17.6 Å². The van der Waals surface area contributed by atoms with E-state index in [0.717, 1.165) is 0 Å². The maximum atomic E-state index is 13.8.